The van der Waals surface area contributed by atoms with Gasteiger partial charge >= 0.3 is 7.12 Å². The molecule has 0 atom stereocenters. The van der Waals surface area contributed by atoms with Crippen LogP contribution in [0.1, 0.15) is 60.1 Å². The van der Waals surface area contributed by atoms with E-state index in [9.17, 15) is 0 Å². The van der Waals surface area contributed by atoms with E-state index in [1.54, 1.807) is 7.11 Å². The first-order chi connectivity index (χ1) is 15.2. The molecule has 0 aliphatic carbocycles. The van der Waals surface area contributed by atoms with Crippen molar-refractivity contribution in [2.24, 2.45) is 0 Å². The summed E-state index contributed by atoms with van der Waals surface area (Å²) in [5, 5.41) is 4.53. The number of anilines is 1. The molecule has 178 valence electrons. The van der Waals surface area contributed by atoms with Gasteiger partial charge in [-0.3, -0.25) is 0 Å². The lowest BCUT2D eigenvalue weighted by Gasteiger charge is -2.32. The lowest BCUT2D eigenvalue weighted by Crippen LogP contribution is -2.41. The second-order valence-electron chi connectivity index (χ2n) is 8.90. The number of aromatic nitrogens is 1. The summed E-state index contributed by atoms with van der Waals surface area (Å²) in [6, 6.07) is 16.4. The van der Waals surface area contributed by atoms with E-state index in [0.29, 0.717) is 6.54 Å². The first-order valence-electron chi connectivity index (χ1n) is 11.3. The molecular formula is C27H39BN2O3. The van der Waals surface area contributed by atoms with Crippen LogP contribution >= 0.6 is 0 Å². The Balaban J connectivity index is 0.00000125. The molecule has 1 fully saturated rings. The van der Waals surface area contributed by atoms with Crippen molar-refractivity contribution in [2.45, 2.75) is 73.6 Å². The van der Waals surface area contributed by atoms with Crippen LogP contribution < -0.4 is 15.5 Å². The Morgan fingerprint density at radius 2 is 1.55 bits per heavy atom. The second-order valence-corrected chi connectivity index (χ2v) is 8.90. The van der Waals surface area contributed by atoms with Crippen molar-refractivity contribution in [2.75, 3.05) is 12.4 Å². The Morgan fingerprint density at radius 3 is 2.12 bits per heavy atom. The van der Waals surface area contributed by atoms with Gasteiger partial charge in [0.2, 0.25) is 0 Å². The van der Waals surface area contributed by atoms with Crippen LogP contribution in [0.15, 0.2) is 48.5 Å². The number of hydrogen-bond donors (Lipinski definition) is 1. The fourth-order valence-electron chi connectivity index (χ4n) is 3.53. The molecule has 0 spiro atoms. The van der Waals surface area contributed by atoms with Crippen molar-refractivity contribution in [3.8, 4) is 5.75 Å². The van der Waals surface area contributed by atoms with E-state index < -0.39 is 0 Å². The van der Waals surface area contributed by atoms with E-state index in [-0.39, 0.29) is 25.7 Å². The summed E-state index contributed by atoms with van der Waals surface area (Å²) in [5.74, 6) is 1.75. The molecule has 2 aromatic carbocycles. The Morgan fingerprint density at radius 1 is 0.939 bits per heavy atom. The van der Waals surface area contributed by atoms with Gasteiger partial charge in [0.05, 0.1) is 23.8 Å². The number of nitrogens with one attached hydrogen (secondary N) is 1. The van der Waals surface area contributed by atoms with Gasteiger partial charge in [0.15, 0.2) is 0 Å². The van der Waals surface area contributed by atoms with Crippen LogP contribution in [0.5, 0.6) is 5.75 Å². The number of rotatable bonds is 5. The summed E-state index contributed by atoms with van der Waals surface area (Å²) >= 11 is 0. The van der Waals surface area contributed by atoms with Gasteiger partial charge < -0.3 is 19.4 Å². The van der Waals surface area contributed by atoms with Crippen LogP contribution in [0.4, 0.5) is 5.82 Å². The van der Waals surface area contributed by atoms with Crippen molar-refractivity contribution in [1.29, 1.82) is 0 Å². The summed E-state index contributed by atoms with van der Waals surface area (Å²) in [7, 11) is 1.31. The maximum absolute atomic E-state index is 6.19. The molecule has 1 aromatic heterocycles. The Bertz CT molecular complexity index is 1050. The largest absolute Gasteiger partial charge is 0.497 e. The van der Waals surface area contributed by atoms with Gasteiger partial charge in [-0.15, -0.1) is 0 Å². The number of hydrogen-bond acceptors (Lipinski definition) is 5. The van der Waals surface area contributed by atoms with Gasteiger partial charge in [-0.05, 0) is 75.5 Å². The molecule has 1 saturated heterocycles. The quantitative estimate of drug-likeness (QED) is 0.474. The molecule has 0 amide bonds. The van der Waals surface area contributed by atoms with E-state index in [0.717, 1.165) is 33.5 Å². The molecule has 1 aliphatic heterocycles. The first kappa shape index (κ1) is 26.7. The smallest absolute Gasteiger partial charge is 0.494 e. The predicted molar refractivity (Wildman–Crippen MR) is 141 cm³/mol. The van der Waals surface area contributed by atoms with Crippen molar-refractivity contribution in [3.63, 3.8) is 0 Å². The predicted octanol–water partition coefficient (Wildman–Crippen LogP) is 6.13. The summed E-state index contributed by atoms with van der Waals surface area (Å²) in [5.41, 5.74) is 3.53. The number of aryl methyl sites for hydroxylation is 1. The maximum atomic E-state index is 6.19. The number of nitrogens with zero attached hydrogens (tertiary/aromatic N) is 1. The Kier molecular flexibility index (Phi) is 8.55. The van der Waals surface area contributed by atoms with Gasteiger partial charge in [0.25, 0.3) is 0 Å². The highest BCUT2D eigenvalue weighted by atomic mass is 16.7. The molecule has 0 bridgehead atoms. The third kappa shape index (κ3) is 5.68. The van der Waals surface area contributed by atoms with Gasteiger partial charge in [-0.25, -0.2) is 4.98 Å². The van der Waals surface area contributed by atoms with E-state index in [4.69, 9.17) is 19.0 Å². The minimum absolute atomic E-state index is 0. The van der Waals surface area contributed by atoms with Crippen molar-refractivity contribution in [3.05, 3.63) is 59.7 Å². The van der Waals surface area contributed by atoms with Crippen LogP contribution in [0.3, 0.4) is 0 Å². The minimum Gasteiger partial charge on any atom is -0.497 e. The summed E-state index contributed by atoms with van der Waals surface area (Å²) in [6.07, 6.45) is 0. The third-order valence-electron chi connectivity index (χ3n) is 6.17. The zero-order valence-corrected chi connectivity index (χ0v) is 20.6. The molecule has 1 N–H and O–H groups in total. The minimum atomic E-state index is -0.368. The highest BCUT2D eigenvalue weighted by molar-refractivity contribution is 6.62. The fourth-order valence-corrected chi connectivity index (χ4v) is 3.53. The molecule has 2 heterocycles. The SMILES string of the molecule is C.CC.COc1ccc(CNc2nc3ccc(B4OC(C)(C)C(C)(C)O4)cc3cc2C)cc1. The van der Waals surface area contributed by atoms with E-state index in [2.05, 4.69) is 64.2 Å². The Hall–Kier alpha value is -2.57. The highest BCUT2D eigenvalue weighted by Gasteiger charge is 2.51. The number of pyridine rings is 1. The topological polar surface area (TPSA) is 52.6 Å². The van der Waals surface area contributed by atoms with Crippen LogP contribution in [0.25, 0.3) is 10.9 Å². The van der Waals surface area contributed by atoms with Crippen LogP contribution in [0, 0.1) is 6.92 Å². The van der Waals surface area contributed by atoms with E-state index in [1.807, 2.05) is 38.1 Å². The van der Waals surface area contributed by atoms with E-state index >= 15 is 0 Å². The van der Waals surface area contributed by atoms with Gasteiger partial charge in [-0.1, -0.05) is 45.5 Å². The van der Waals surface area contributed by atoms with Gasteiger partial charge in [0.1, 0.15) is 11.6 Å². The standard InChI is InChI=1S/C24H29BN2O3.C2H6.CH4/c1-16-13-18-14-19(25-29-23(2,3)24(4,5)30-25)9-12-21(18)27-22(16)26-15-17-7-10-20(28-6)11-8-17;1-2;/h7-14H,15H2,1-6H3,(H,26,27);1-2H3;1H4. The molecule has 6 heteroatoms. The normalized spacial score (nSPS) is 15.9. The van der Waals surface area contributed by atoms with Crippen LogP contribution in [-0.4, -0.2) is 30.4 Å². The summed E-state index contributed by atoms with van der Waals surface area (Å²) in [6.45, 7) is 15.1. The number of benzene rings is 2. The first-order valence-corrected chi connectivity index (χ1v) is 11.3. The van der Waals surface area contributed by atoms with Crippen LogP contribution in [0.2, 0.25) is 0 Å². The number of fused-ring (bicyclic) bond motifs is 1. The van der Waals surface area contributed by atoms with E-state index in [1.165, 1.54) is 5.56 Å². The highest BCUT2D eigenvalue weighted by Crippen LogP contribution is 2.36. The zero-order valence-electron chi connectivity index (χ0n) is 20.6. The molecule has 1 aliphatic rings. The molecule has 4 rings (SSSR count). The molecule has 3 aromatic rings. The average molecular weight is 450 g/mol. The Labute approximate surface area is 200 Å². The molecule has 0 radical (unpaired) electrons. The maximum Gasteiger partial charge on any atom is 0.494 e. The number of methoxy groups -OCH3 is 1. The van der Waals surface area contributed by atoms with Crippen molar-refractivity contribution >= 4 is 29.3 Å². The number of ether oxygens (including phenoxy) is 1. The second kappa shape index (κ2) is 10.6. The average Bonchev–Trinajstić information content (AvgIpc) is 3.00. The molecular weight excluding hydrogens is 411 g/mol. The van der Waals surface area contributed by atoms with Gasteiger partial charge in [-0.2, -0.15) is 0 Å². The molecule has 5 nitrogen and oxygen atoms in total. The van der Waals surface area contributed by atoms with Gasteiger partial charge in [0, 0.05) is 11.9 Å². The van der Waals surface area contributed by atoms with Crippen molar-refractivity contribution < 1.29 is 14.0 Å². The molecule has 0 unspecified atom stereocenters. The lowest BCUT2D eigenvalue weighted by atomic mass is 9.78. The monoisotopic (exact) mass is 450 g/mol. The zero-order chi connectivity index (χ0) is 23.5. The summed E-state index contributed by atoms with van der Waals surface area (Å²) in [4.78, 5) is 4.83. The molecule has 0 saturated carbocycles. The fraction of sp³-hybridized carbons (Fsp3) is 0.444. The lowest BCUT2D eigenvalue weighted by molar-refractivity contribution is 0.00578. The molecule has 33 heavy (non-hydrogen) atoms. The van der Waals surface area contributed by atoms with Crippen molar-refractivity contribution in [1.82, 2.24) is 4.98 Å². The summed E-state index contributed by atoms with van der Waals surface area (Å²) < 4.78 is 17.6. The third-order valence-corrected chi connectivity index (χ3v) is 6.17. The van der Waals surface area contributed by atoms with Crippen LogP contribution in [-0.2, 0) is 15.9 Å².